The predicted molar refractivity (Wildman–Crippen MR) is 38.4 cm³/mol. The third-order valence-electron chi connectivity index (χ3n) is 2.33. The minimum Gasteiger partial charge on any atom is -0.350 e. The van der Waals surface area contributed by atoms with Gasteiger partial charge in [-0.15, -0.1) is 0 Å². The van der Waals surface area contributed by atoms with Crippen LogP contribution in [0.25, 0.3) is 0 Å². The largest absolute Gasteiger partial charge is 0.350 e. The summed E-state index contributed by atoms with van der Waals surface area (Å²) in [5.74, 6) is 0.819. The quantitative estimate of drug-likeness (QED) is 0.492. The molecule has 2 unspecified atom stereocenters. The number of nitrogens with one attached hydrogen (secondary N) is 1. The van der Waals surface area contributed by atoms with Crippen LogP contribution in [0.2, 0.25) is 0 Å². The number of amides is 1. The van der Waals surface area contributed by atoms with E-state index < -0.39 is 0 Å². The zero-order chi connectivity index (χ0) is 6.97. The number of rotatable bonds is 0. The second kappa shape index (κ2) is 2.11. The summed E-state index contributed by atoms with van der Waals surface area (Å²) in [7, 11) is 0. The Morgan fingerprint density at radius 1 is 1.60 bits per heavy atom. The van der Waals surface area contributed by atoms with Crippen LogP contribution in [0.3, 0.4) is 0 Å². The van der Waals surface area contributed by atoms with Crippen LogP contribution in [0.1, 0.15) is 19.3 Å². The topological polar surface area (TPSA) is 29.1 Å². The van der Waals surface area contributed by atoms with Crippen molar-refractivity contribution in [1.82, 2.24) is 5.32 Å². The first-order valence-electron chi connectivity index (χ1n) is 3.82. The van der Waals surface area contributed by atoms with Gasteiger partial charge in [-0.3, -0.25) is 4.79 Å². The Balaban J connectivity index is 2.15. The molecule has 2 heteroatoms. The highest BCUT2D eigenvalue weighted by Crippen LogP contribution is 2.26. The Hall–Kier alpha value is -0.790. The number of carbonyl (C=O) groups is 1. The molecule has 0 aromatic carbocycles. The number of allylic oxidation sites excluding steroid dienone is 1. The summed E-state index contributed by atoms with van der Waals surface area (Å²) in [6.07, 6.45) is 7.36. The number of fused-ring (bicyclic) bond motifs is 1. The molecule has 1 heterocycles. The lowest BCUT2D eigenvalue weighted by molar-refractivity contribution is -0.119. The molecule has 0 saturated carbocycles. The molecule has 0 radical (unpaired) electrons. The maximum atomic E-state index is 10.9. The van der Waals surface area contributed by atoms with Crippen molar-refractivity contribution in [2.45, 2.75) is 25.3 Å². The fourth-order valence-corrected chi connectivity index (χ4v) is 1.77. The lowest BCUT2D eigenvalue weighted by atomic mass is 9.91. The molecule has 2 rings (SSSR count). The van der Waals surface area contributed by atoms with Gasteiger partial charge in [0.1, 0.15) is 0 Å². The van der Waals surface area contributed by atoms with E-state index in [-0.39, 0.29) is 5.91 Å². The van der Waals surface area contributed by atoms with Crippen molar-refractivity contribution in [1.29, 1.82) is 0 Å². The number of hydrogen-bond donors (Lipinski definition) is 1. The molecule has 2 atom stereocenters. The standard InChI is InChI=1S/C8H11NO/c10-8-5-6-3-1-2-4-7(6)9-8/h2,4,6-7H,1,3,5H2,(H,9,10). The van der Waals surface area contributed by atoms with E-state index in [4.69, 9.17) is 0 Å². The van der Waals surface area contributed by atoms with E-state index in [1.807, 2.05) is 0 Å². The van der Waals surface area contributed by atoms with Gasteiger partial charge in [0.25, 0.3) is 0 Å². The Morgan fingerprint density at radius 3 is 3.30 bits per heavy atom. The Bertz CT molecular complexity index is 186. The van der Waals surface area contributed by atoms with Gasteiger partial charge in [0.05, 0.1) is 6.04 Å². The Labute approximate surface area is 60.3 Å². The van der Waals surface area contributed by atoms with Gasteiger partial charge in [0.2, 0.25) is 5.91 Å². The van der Waals surface area contributed by atoms with Crippen LogP contribution in [0.4, 0.5) is 0 Å². The average molecular weight is 137 g/mol. The minimum absolute atomic E-state index is 0.224. The highest BCUT2D eigenvalue weighted by Gasteiger charge is 2.31. The van der Waals surface area contributed by atoms with E-state index in [2.05, 4.69) is 17.5 Å². The van der Waals surface area contributed by atoms with E-state index in [0.717, 1.165) is 12.8 Å². The van der Waals surface area contributed by atoms with Crippen molar-refractivity contribution in [3.63, 3.8) is 0 Å². The second-order valence-corrected chi connectivity index (χ2v) is 3.06. The zero-order valence-electron chi connectivity index (χ0n) is 5.84. The zero-order valence-corrected chi connectivity index (χ0v) is 5.84. The van der Waals surface area contributed by atoms with Crippen LogP contribution in [0, 0.1) is 5.92 Å². The molecule has 1 aliphatic carbocycles. The van der Waals surface area contributed by atoms with E-state index in [9.17, 15) is 4.79 Å². The molecule has 2 nitrogen and oxygen atoms in total. The van der Waals surface area contributed by atoms with E-state index >= 15 is 0 Å². The van der Waals surface area contributed by atoms with Gasteiger partial charge in [-0.25, -0.2) is 0 Å². The first-order valence-corrected chi connectivity index (χ1v) is 3.82. The van der Waals surface area contributed by atoms with Gasteiger partial charge in [-0.1, -0.05) is 12.2 Å². The van der Waals surface area contributed by atoms with Crippen LogP contribution >= 0.6 is 0 Å². The molecule has 1 N–H and O–H groups in total. The molecule has 1 aliphatic heterocycles. The van der Waals surface area contributed by atoms with Crippen molar-refractivity contribution in [2.24, 2.45) is 5.92 Å². The molecule has 54 valence electrons. The van der Waals surface area contributed by atoms with Crippen LogP contribution in [-0.2, 0) is 4.79 Å². The second-order valence-electron chi connectivity index (χ2n) is 3.06. The average Bonchev–Trinajstić information content (AvgIpc) is 2.27. The summed E-state index contributed by atoms with van der Waals surface area (Å²) < 4.78 is 0. The first-order chi connectivity index (χ1) is 4.86. The van der Waals surface area contributed by atoms with Gasteiger partial charge in [-0.05, 0) is 18.8 Å². The molecule has 0 aromatic rings. The van der Waals surface area contributed by atoms with Gasteiger partial charge < -0.3 is 5.32 Å². The molecular weight excluding hydrogens is 126 g/mol. The van der Waals surface area contributed by atoms with Crippen LogP contribution < -0.4 is 5.32 Å². The molecule has 0 bridgehead atoms. The van der Waals surface area contributed by atoms with E-state index in [1.165, 1.54) is 6.42 Å². The third kappa shape index (κ3) is 0.838. The van der Waals surface area contributed by atoms with Gasteiger partial charge in [-0.2, -0.15) is 0 Å². The van der Waals surface area contributed by atoms with Crippen molar-refractivity contribution < 1.29 is 4.79 Å². The maximum absolute atomic E-state index is 10.9. The fourth-order valence-electron chi connectivity index (χ4n) is 1.77. The predicted octanol–water partition coefficient (Wildman–Crippen LogP) is 0.841. The van der Waals surface area contributed by atoms with Crippen LogP contribution in [0.5, 0.6) is 0 Å². The summed E-state index contributed by atoms with van der Waals surface area (Å²) in [5, 5.41) is 2.93. The molecule has 1 fully saturated rings. The molecular formula is C8H11NO. The highest BCUT2D eigenvalue weighted by atomic mass is 16.1. The van der Waals surface area contributed by atoms with Crippen molar-refractivity contribution in [3.8, 4) is 0 Å². The molecule has 0 spiro atoms. The number of hydrogen-bond acceptors (Lipinski definition) is 1. The molecule has 0 aromatic heterocycles. The monoisotopic (exact) mass is 137 g/mol. The lowest BCUT2D eigenvalue weighted by Crippen LogP contribution is -2.28. The van der Waals surface area contributed by atoms with Crippen molar-refractivity contribution in [2.75, 3.05) is 0 Å². The van der Waals surface area contributed by atoms with Crippen molar-refractivity contribution >= 4 is 5.91 Å². The normalized spacial score (nSPS) is 37.4. The first kappa shape index (κ1) is 5.96. The smallest absolute Gasteiger partial charge is 0.220 e. The molecule has 1 saturated heterocycles. The number of carbonyl (C=O) groups excluding carboxylic acids is 1. The Morgan fingerprint density at radius 2 is 2.50 bits per heavy atom. The van der Waals surface area contributed by atoms with E-state index in [0.29, 0.717) is 12.0 Å². The minimum atomic E-state index is 0.224. The maximum Gasteiger partial charge on any atom is 0.220 e. The van der Waals surface area contributed by atoms with Gasteiger partial charge in [0.15, 0.2) is 0 Å². The lowest BCUT2D eigenvalue weighted by Gasteiger charge is -2.17. The highest BCUT2D eigenvalue weighted by molar-refractivity contribution is 5.79. The Kier molecular flexibility index (Phi) is 1.26. The summed E-state index contributed by atoms with van der Waals surface area (Å²) in [6, 6.07) is 0.362. The van der Waals surface area contributed by atoms with Crippen molar-refractivity contribution in [3.05, 3.63) is 12.2 Å². The van der Waals surface area contributed by atoms with Gasteiger partial charge >= 0.3 is 0 Å². The van der Waals surface area contributed by atoms with Crippen LogP contribution in [0.15, 0.2) is 12.2 Å². The molecule has 10 heavy (non-hydrogen) atoms. The summed E-state index contributed by atoms with van der Waals surface area (Å²) >= 11 is 0. The third-order valence-corrected chi connectivity index (χ3v) is 2.33. The van der Waals surface area contributed by atoms with Crippen LogP contribution in [-0.4, -0.2) is 11.9 Å². The fraction of sp³-hybridized carbons (Fsp3) is 0.625. The molecule has 2 aliphatic rings. The molecule has 1 amide bonds. The van der Waals surface area contributed by atoms with Gasteiger partial charge in [0, 0.05) is 6.42 Å². The summed E-state index contributed by atoms with van der Waals surface area (Å²) in [5.41, 5.74) is 0. The summed E-state index contributed by atoms with van der Waals surface area (Å²) in [4.78, 5) is 10.9. The van der Waals surface area contributed by atoms with E-state index in [1.54, 1.807) is 0 Å². The summed E-state index contributed by atoms with van der Waals surface area (Å²) in [6.45, 7) is 0. The SMILES string of the molecule is O=C1CC2CCC=CC2N1.